The molecule has 0 aliphatic heterocycles. The maximum Gasteiger partial charge on any atom is 0.326 e. The molecule has 0 amide bonds. The van der Waals surface area contributed by atoms with E-state index in [9.17, 15) is 23.7 Å². The summed E-state index contributed by atoms with van der Waals surface area (Å²) in [6.07, 6.45) is 1.50. The summed E-state index contributed by atoms with van der Waals surface area (Å²) in [5, 5.41) is 21.7. The summed E-state index contributed by atoms with van der Waals surface area (Å²) in [6.45, 7) is 1.85. The fourth-order valence-electron chi connectivity index (χ4n) is 1.64. The largest absolute Gasteiger partial charge is 0.480 e. The van der Waals surface area contributed by atoms with Crippen LogP contribution in [-0.4, -0.2) is 22.0 Å². The number of benzene rings is 1. The van der Waals surface area contributed by atoms with Crippen LogP contribution in [0.15, 0.2) is 12.1 Å². The number of carboxylic acids is 1. The number of anilines is 1. The van der Waals surface area contributed by atoms with Crippen molar-refractivity contribution in [3.05, 3.63) is 33.9 Å². The maximum absolute atomic E-state index is 13.6. The number of nitro benzene ring substituents is 1. The normalized spacial score (nSPS) is 11.9. The van der Waals surface area contributed by atoms with Crippen molar-refractivity contribution in [1.29, 1.82) is 0 Å². The Bertz CT molecular complexity index is 499. The quantitative estimate of drug-likeness (QED) is 0.594. The van der Waals surface area contributed by atoms with Crippen molar-refractivity contribution < 1.29 is 23.6 Å². The van der Waals surface area contributed by atoms with Gasteiger partial charge in [0.1, 0.15) is 11.7 Å². The smallest absolute Gasteiger partial charge is 0.326 e. The van der Waals surface area contributed by atoms with Crippen LogP contribution in [0.25, 0.3) is 0 Å². The standard InChI is InChI=1S/C12H14F2N2O4/c1-2-3-4-10(12(17)18)15-11-8(13)5-7(16(19)20)6-9(11)14/h5-6,10,15H,2-4H2,1H3,(H,17,18). The Labute approximate surface area is 113 Å². The summed E-state index contributed by atoms with van der Waals surface area (Å²) >= 11 is 0. The van der Waals surface area contributed by atoms with Crippen LogP contribution in [0.3, 0.4) is 0 Å². The Balaban J connectivity index is 3.01. The van der Waals surface area contributed by atoms with Crippen LogP contribution in [-0.2, 0) is 4.79 Å². The average Bonchev–Trinajstić information content (AvgIpc) is 2.36. The third kappa shape index (κ3) is 3.87. The highest BCUT2D eigenvalue weighted by Crippen LogP contribution is 2.26. The second kappa shape index (κ2) is 6.78. The molecule has 0 fully saturated rings. The molecule has 1 rings (SSSR count). The summed E-state index contributed by atoms with van der Waals surface area (Å²) in [5.74, 6) is -3.63. The van der Waals surface area contributed by atoms with Crippen LogP contribution in [0.1, 0.15) is 26.2 Å². The van der Waals surface area contributed by atoms with E-state index < -0.39 is 39.9 Å². The van der Waals surface area contributed by atoms with Crippen molar-refractivity contribution in [3.8, 4) is 0 Å². The predicted molar refractivity (Wildman–Crippen MR) is 67.6 cm³/mol. The van der Waals surface area contributed by atoms with Crippen molar-refractivity contribution in [2.24, 2.45) is 0 Å². The molecular formula is C12H14F2N2O4. The monoisotopic (exact) mass is 288 g/mol. The van der Waals surface area contributed by atoms with Crippen LogP contribution in [0.5, 0.6) is 0 Å². The molecule has 0 saturated carbocycles. The van der Waals surface area contributed by atoms with Gasteiger partial charge in [0.05, 0.1) is 17.1 Å². The minimum Gasteiger partial charge on any atom is -0.480 e. The van der Waals surface area contributed by atoms with Crippen molar-refractivity contribution >= 4 is 17.3 Å². The van der Waals surface area contributed by atoms with Crippen LogP contribution in [0, 0.1) is 21.7 Å². The van der Waals surface area contributed by atoms with Gasteiger partial charge in [-0.05, 0) is 6.42 Å². The Hall–Kier alpha value is -2.25. The zero-order chi connectivity index (χ0) is 15.3. The molecule has 0 saturated heterocycles. The number of hydrogen-bond donors (Lipinski definition) is 2. The molecule has 1 aromatic carbocycles. The number of nitrogens with one attached hydrogen (secondary N) is 1. The van der Waals surface area contributed by atoms with E-state index in [0.29, 0.717) is 18.6 Å². The molecule has 110 valence electrons. The molecule has 0 spiro atoms. The molecule has 6 nitrogen and oxygen atoms in total. The maximum atomic E-state index is 13.6. The number of non-ortho nitro benzene ring substituents is 1. The van der Waals surface area contributed by atoms with Gasteiger partial charge in [0, 0.05) is 0 Å². The van der Waals surface area contributed by atoms with Crippen molar-refractivity contribution in [2.45, 2.75) is 32.2 Å². The molecule has 1 atom stereocenters. The van der Waals surface area contributed by atoms with Gasteiger partial charge in [-0.3, -0.25) is 10.1 Å². The van der Waals surface area contributed by atoms with Gasteiger partial charge < -0.3 is 10.4 Å². The molecule has 0 aliphatic carbocycles. The van der Waals surface area contributed by atoms with Crippen LogP contribution < -0.4 is 5.32 Å². The third-order valence-corrected chi connectivity index (χ3v) is 2.70. The first-order valence-electron chi connectivity index (χ1n) is 5.99. The zero-order valence-electron chi connectivity index (χ0n) is 10.7. The number of nitrogens with zero attached hydrogens (tertiary/aromatic N) is 1. The van der Waals surface area contributed by atoms with Crippen LogP contribution >= 0.6 is 0 Å². The average molecular weight is 288 g/mol. The molecule has 0 heterocycles. The zero-order valence-corrected chi connectivity index (χ0v) is 10.7. The first kappa shape index (κ1) is 15.8. The van der Waals surface area contributed by atoms with Crippen molar-refractivity contribution in [2.75, 3.05) is 5.32 Å². The summed E-state index contributed by atoms with van der Waals surface area (Å²) in [7, 11) is 0. The number of carbonyl (C=O) groups is 1. The fourth-order valence-corrected chi connectivity index (χ4v) is 1.64. The van der Waals surface area contributed by atoms with E-state index in [1.54, 1.807) is 0 Å². The predicted octanol–water partition coefficient (Wildman–Crippen LogP) is 2.93. The van der Waals surface area contributed by atoms with Gasteiger partial charge in [0.25, 0.3) is 5.69 Å². The first-order chi connectivity index (χ1) is 9.36. The molecular weight excluding hydrogens is 274 g/mol. The SMILES string of the molecule is CCCCC(Nc1c(F)cc([N+](=O)[O-])cc1F)C(=O)O. The van der Waals surface area contributed by atoms with Gasteiger partial charge >= 0.3 is 5.97 Å². The van der Waals surface area contributed by atoms with E-state index in [-0.39, 0.29) is 6.42 Å². The van der Waals surface area contributed by atoms with E-state index in [4.69, 9.17) is 5.11 Å². The lowest BCUT2D eigenvalue weighted by Crippen LogP contribution is -2.30. The topological polar surface area (TPSA) is 92.5 Å². The number of hydrogen-bond acceptors (Lipinski definition) is 4. The lowest BCUT2D eigenvalue weighted by molar-refractivity contribution is -0.385. The van der Waals surface area contributed by atoms with Gasteiger partial charge in [-0.1, -0.05) is 19.8 Å². The molecule has 8 heteroatoms. The lowest BCUT2D eigenvalue weighted by atomic mass is 10.1. The van der Waals surface area contributed by atoms with Gasteiger partial charge in [0.2, 0.25) is 0 Å². The minimum absolute atomic E-state index is 0.196. The van der Waals surface area contributed by atoms with Gasteiger partial charge in [-0.15, -0.1) is 0 Å². The first-order valence-corrected chi connectivity index (χ1v) is 5.99. The van der Waals surface area contributed by atoms with Crippen molar-refractivity contribution in [1.82, 2.24) is 0 Å². The second-order valence-electron chi connectivity index (χ2n) is 4.22. The molecule has 0 bridgehead atoms. The number of unbranched alkanes of at least 4 members (excludes halogenated alkanes) is 1. The number of aliphatic carboxylic acids is 1. The summed E-state index contributed by atoms with van der Waals surface area (Å²) in [4.78, 5) is 20.5. The Morgan fingerprint density at radius 1 is 1.45 bits per heavy atom. The molecule has 0 aliphatic rings. The van der Waals surface area contributed by atoms with Gasteiger partial charge in [0.15, 0.2) is 11.6 Å². The second-order valence-corrected chi connectivity index (χ2v) is 4.22. The van der Waals surface area contributed by atoms with Gasteiger partial charge in [-0.25, -0.2) is 13.6 Å². The molecule has 2 N–H and O–H groups in total. The highest BCUT2D eigenvalue weighted by atomic mass is 19.1. The number of halogens is 2. The number of carboxylic acid groups (broad SMARTS) is 1. The Kier molecular flexibility index (Phi) is 5.36. The van der Waals surface area contributed by atoms with E-state index in [1.165, 1.54) is 0 Å². The minimum atomic E-state index is -1.24. The summed E-state index contributed by atoms with van der Waals surface area (Å²) in [5.41, 5.74) is -1.40. The molecule has 0 radical (unpaired) electrons. The Morgan fingerprint density at radius 2 is 2.00 bits per heavy atom. The van der Waals surface area contributed by atoms with Gasteiger partial charge in [-0.2, -0.15) is 0 Å². The fraction of sp³-hybridized carbons (Fsp3) is 0.417. The number of rotatable bonds is 7. The Morgan fingerprint density at radius 3 is 2.40 bits per heavy atom. The highest BCUT2D eigenvalue weighted by Gasteiger charge is 2.22. The van der Waals surface area contributed by atoms with E-state index in [1.807, 2.05) is 6.92 Å². The highest BCUT2D eigenvalue weighted by molar-refractivity contribution is 5.77. The third-order valence-electron chi connectivity index (χ3n) is 2.70. The molecule has 20 heavy (non-hydrogen) atoms. The molecule has 1 aromatic rings. The van der Waals surface area contributed by atoms with E-state index in [0.717, 1.165) is 6.42 Å². The van der Waals surface area contributed by atoms with Crippen LogP contribution in [0.4, 0.5) is 20.2 Å². The van der Waals surface area contributed by atoms with E-state index >= 15 is 0 Å². The lowest BCUT2D eigenvalue weighted by Gasteiger charge is -2.16. The number of nitro groups is 1. The van der Waals surface area contributed by atoms with Crippen molar-refractivity contribution in [3.63, 3.8) is 0 Å². The van der Waals surface area contributed by atoms with Crippen LogP contribution in [0.2, 0.25) is 0 Å². The molecule has 0 aromatic heterocycles. The molecule has 1 unspecified atom stereocenters. The summed E-state index contributed by atoms with van der Waals surface area (Å²) < 4.78 is 27.2. The summed E-state index contributed by atoms with van der Waals surface area (Å²) in [6, 6.07) is -0.0608. The van der Waals surface area contributed by atoms with E-state index in [2.05, 4.69) is 5.32 Å².